The lowest BCUT2D eigenvalue weighted by Crippen LogP contribution is -2.60. The van der Waals surface area contributed by atoms with Crippen LogP contribution in [-0.2, 0) is 70.2 Å². The number of likely N-dealkylation sites (tertiary alicyclic amines) is 1. The SMILES string of the molecule is COC(=O)[C@]1(Cc2cn([C@@H]3O[C@H](COC(C)=O)[C@@H](OC(C)=O)[C@H](OC(C)=O)[C@H]3OC(C)=O)nn2)CCCN1C(=O)OCc1ccccc1. The van der Waals surface area contributed by atoms with Crippen LogP contribution in [-0.4, -0.2) is 106 Å². The van der Waals surface area contributed by atoms with E-state index in [4.69, 9.17) is 33.2 Å². The Balaban J connectivity index is 1.66. The zero-order valence-corrected chi connectivity index (χ0v) is 27.2. The second kappa shape index (κ2) is 15.7. The lowest BCUT2D eigenvalue weighted by Gasteiger charge is -2.44. The summed E-state index contributed by atoms with van der Waals surface area (Å²) in [6.45, 7) is 4.29. The van der Waals surface area contributed by atoms with Gasteiger partial charge in [-0.25, -0.2) is 14.3 Å². The smallest absolute Gasteiger partial charge is 0.411 e. The first kappa shape index (κ1) is 35.8. The molecule has 2 aromatic rings. The third-order valence-corrected chi connectivity index (χ3v) is 7.74. The molecule has 2 aliphatic heterocycles. The lowest BCUT2D eigenvalue weighted by molar-refractivity contribution is -0.270. The maximum atomic E-state index is 13.3. The average Bonchev–Trinajstić information content (AvgIpc) is 3.68. The third kappa shape index (κ3) is 8.44. The van der Waals surface area contributed by atoms with Crippen molar-refractivity contribution in [2.45, 2.75) is 89.7 Å². The number of esters is 5. The summed E-state index contributed by atoms with van der Waals surface area (Å²) in [5.74, 6) is -3.69. The summed E-state index contributed by atoms with van der Waals surface area (Å²) >= 11 is 0. The summed E-state index contributed by atoms with van der Waals surface area (Å²) < 4.78 is 39.5. The lowest BCUT2D eigenvalue weighted by atomic mass is 9.90. The van der Waals surface area contributed by atoms with Crippen LogP contribution in [0.5, 0.6) is 0 Å². The van der Waals surface area contributed by atoms with Crippen LogP contribution in [0.15, 0.2) is 36.5 Å². The molecule has 48 heavy (non-hydrogen) atoms. The Kier molecular flexibility index (Phi) is 11.7. The zero-order valence-electron chi connectivity index (χ0n) is 27.2. The summed E-state index contributed by atoms with van der Waals surface area (Å²) in [5.41, 5.74) is -0.498. The van der Waals surface area contributed by atoms with Gasteiger partial charge >= 0.3 is 35.9 Å². The number of hydrogen-bond acceptors (Lipinski definition) is 15. The normalized spacial score (nSPS) is 25.0. The number of benzene rings is 1. The Bertz CT molecular complexity index is 1500. The van der Waals surface area contributed by atoms with Gasteiger partial charge in [0.2, 0.25) is 0 Å². The molecular weight excluding hydrogens is 636 g/mol. The van der Waals surface area contributed by atoms with E-state index in [1.54, 1.807) is 12.1 Å². The second-order valence-electron chi connectivity index (χ2n) is 11.3. The minimum atomic E-state index is -1.48. The van der Waals surface area contributed by atoms with E-state index in [1.807, 2.05) is 18.2 Å². The predicted octanol–water partition coefficient (Wildman–Crippen LogP) is 1.42. The number of carbonyl (C=O) groups is 6. The molecular formula is C31H38N4O13. The number of ether oxygens (including phenoxy) is 7. The number of aromatic nitrogens is 3. The van der Waals surface area contributed by atoms with Gasteiger partial charge in [-0.1, -0.05) is 35.5 Å². The van der Waals surface area contributed by atoms with E-state index in [2.05, 4.69) is 10.3 Å². The van der Waals surface area contributed by atoms with Crippen LogP contribution in [0.2, 0.25) is 0 Å². The first-order valence-corrected chi connectivity index (χ1v) is 15.1. The van der Waals surface area contributed by atoms with Crippen LogP contribution in [0.4, 0.5) is 4.79 Å². The number of hydrogen-bond donors (Lipinski definition) is 0. The Hall–Kier alpha value is -5.06. The van der Waals surface area contributed by atoms with Gasteiger partial charge in [0, 0.05) is 40.7 Å². The molecule has 2 aliphatic rings. The molecule has 1 aromatic heterocycles. The zero-order chi connectivity index (χ0) is 35.0. The maximum absolute atomic E-state index is 13.3. The van der Waals surface area contributed by atoms with Gasteiger partial charge in [0.25, 0.3) is 0 Å². The molecule has 2 saturated heterocycles. The van der Waals surface area contributed by atoms with E-state index in [1.165, 1.54) is 22.9 Å². The van der Waals surface area contributed by atoms with Crippen molar-refractivity contribution in [3.8, 4) is 0 Å². The van der Waals surface area contributed by atoms with Gasteiger partial charge in [0.15, 0.2) is 24.5 Å². The van der Waals surface area contributed by atoms with Gasteiger partial charge in [0.1, 0.15) is 24.9 Å². The Morgan fingerprint density at radius 1 is 0.875 bits per heavy atom. The number of carbonyl (C=O) groups excluding carboxylic acids is 6. The number of rotatable bonds is 11. The largest absolute Gasteiger partial charge is 0.467 e. The fraction of sp³-hybridized carbons (Fsp3) is 0.548. The average molecular weight is 675 g/mol. The van der Waals surface area contributed by atoms with Crippen LogP contribution >= 0.6 is 0 Å². The summed E-state index contributed by atoms with van der Waals surface area (Å²) in [6, 6.07) is 9.07. The first-order valence-electron chi connectivity index (χ1n) is 15.1. The molecule has 1 aromatic carbocycles. The molecule has 2 fully saturated rings. The summed E-state index contributed by atoms with van der Waals surface area (Å²) in [7, 11) is 1.21. The van der Waals surface area contributed by atoms with Crippen molar-refractivity contribution in [3.05, 3.63) is 47.8 Å². The Morgan fingerprint density at radius 2 is 1.52 bits per heavy atom. The van der Waals surface area contributed by atoms with E-state index >= 15 is 0 Å². The number of nitrogens with zero attached hydrogens (tertiary/aromatic N) is 4. The molecule has 0 aliphatic carbocycles. The Labute approximate surface area is 275 Å². The van der Waals surface area contributed by atoms with Crippen molar-refractivity contribution in [2.24, 2.45) is 0 Å². The van der Waals surface area contributed by atoms with Crippen LogP contribution in [0.3, 0.4) is 0 Å². The molecule has 0 saturated carbocycles. The number of amides is 1. The van der Waals surface area contributed by atoms with Crippen molar-refractivity contribution < 1.29 is 61.9 Å². The van der Waals surface area contributed by atoms with Crippen LogP contribution in [0.25, 0.3) is 0 Å². The van der Waals surface area contributed by atoms with E-state index < -0.39 is 78.7 Å². The van der Waals surface area contributed by atoms with Crippen molar-refractivity contribution >= 4 is 35.9 Å². The molecule has 260 valence electrons. The van der Waals surface area contributed by atoms with Crippen LogP contribution in [0, 0.1) is 0 Å². The number of methoxy groups -OCH3 is 1. The van der Waals surface area contributed by atoms with Crippen molar-refractivity contribution in [2.75, 3.05) is 20.3 Å². The van der Waals surface area contributed by atoms with Crippen molar-refractivity contribution in [3.63, 3.8) is 0 Å². The monoisotopic (exact) mass is 674 g/mol. The van der Waals surface area contributed by atoms with Gasteiger partial charge in [0.05, 0.1) is 19.0 Å². The highest BCUT2D eigenvalue weighted by molar-refractivity contribution is 5.87. The molecule has 1 amide bonds. The minimum absolute atomic E-state index is 0.00743. The van der Waals surface area contributed by atoms with Crippen LogP contribution < -0.4 is 0 Å². The topological polar surface area (TPSA) is 201 Å². The van der Waals surface area contributed by atoms with E-state index in [9.17, 15) is 28.8 Å². The van der Waals surface area contributed by atoms with Gasteiger partial charge in [-0.3, -0.25) is 24.1 Å². The van der Waals surface area contributed by atoms with Gasteiger partial charge in [-0.2, -0.15) is 0 Å². The molecule has 17 heteroatoms. The first-order chi connectivity index (χ1) is 22.8. The fourth-order valence-corrected chi connectivity index (χ4v) is 5.84. The van der Waals surface area contributed by atoms with Gasteiger partial charge in [-0.15, -0.1) is 5.10 Å². The summed E-state index contributed by atoms with van der Waals surface area (Å²) in [4.78, 5) is 76.0. The summed E-state index contributed by atoms with van der Waals surface area (Å²) in [5, 5.41) is 8.34. The van der Waals surface area contributed by atoms with Crippen molar-refractivity contribution in [1.29, 1.82) is 0 Å². The third-order valence-electron chi connectivity index (χ3n) is 7.74. The highest BCUT2D eigenvalue weighted by Crippen LogP contribution is 2.37. The quantitative estimate of drug-likeness (QED) is 0.244. The molecule has 0 bridgehead atoms. The standard InChI is InChI=1S/C31H38N4O13/c1-18(36)43-17-24-25(45-19(2)37)26(46-20(3)38)27(47-21(4)39)28(48-24)35-15-23(32-33-35)14-31(29(40)42-5)12-9-13-34(31)30(41)44-16-22-10-7-6-8-11-22/h6-8,10-11,15,24-28H,9,12-14,16-17H2,1-5H3/t24-,25-,26+,27-,28-,31-/m1/s1. The summed E-state index contributed by atoms with van der Waals surface area (Å²) in [6.07, 6.45) is -5.50. The van der Waals surface area contributed by atoms with Gasteiger partial charge < -0.3 is 33.2 Å². The molecule has 0 N–H and O–H groups in total. The Morgan fingerprint density at radius 3 is 2.15 bits per heavy atom. The van der Waals surface area contributed by atoms with E-state index in [-0.39, 0.29) is 31.7 Å². The van der Waals surface area contributed by atoms with Crippen LogP contribution in [0.1, 0.15) is 58.0 Å². The highest BCUT2D eigenvalue weighted by Gasteiger charge is 2.54. The maximum Gasteiger partial charge on any atom is 0.411 e. The minimum Gasteiger partial charge on any atom is -0.467 e. The van der Waals surface area contributed by atoms with Crippen molar-refractivity contribution in [1.82, 2.24) is 19.9 Å². The molecule has 0 radical (unpaired) electrons. The van der Waals surface area contributed by atoms with E-state index in [0.29, 0.717) is 6.42 Å². The molecule has 0 spiro atoms. The molecule has 4 rings (SSSR count). The highest BCUT2D eigenvalue weighted by atomic mass is 16.7. The molecule has 17 nitrogen and oxygen atoms in total. The molecule has 6 atom stereocenters. The fourth-order valence-electron chi connectivity index (χ4n) is 5.84. The van der Waals surface area contributed by atoms with E-state index in [0.717, 1.165) is 33.3 Å². The van der Waals surface area contributed by atoms with Gasteiger partial charge in [-0.05, 0) is 18.4 Å². The molecule has 0 unspecified atom stereocenters. The second-order valence-corrected chi connectivity index (χ2v) is 11.3. The predicted molar refractivity (Wildman–Crippen MR) is 158 cm³/mol. The molecule has 3 heterocycles.